The Morgan fingerprint density at radius 2 is 0.843 bits per heavy atom. The molecule has 0 radical (unpaired) electrons. The second kappa shape index (κ2) is 40.0. The fourth-order valence-electron chi connectivity index (χ4n) is 6.92. The van der Waals surface area contributed by atoms with Gasteiger partial charge in [0.1, 0.15) is 6.10 Å². The number of aliphatic hydroxyl groups is 2. The summed E-state index contributed by atoms with van der Waals surface area (Å²) in [5, 5.41) is 19.1. The van der Waals surface area contributed by atoms with Crippen molar-refractivity contribution < 1.29 is 29.3 Å². The van der Waals surface area contributed by atoms with E-state index < -0.39 is 6.29 Å². The molecule has 0 saturated heterocycles. The Morgan fingerprint density at radius 1 is 0.471 bits per heavy atom. The van der Waals surface area contributed by atoms with E-state index in [0.717, 1.165) is 103 Å². The van der Waals surface area contributed by atoms with Crippen molar-refractivity contribution in [3.05, 3.63) is 0 Å². The smallest absolute Gasteiger partial charge is 0.306 e. The number of esters is 2. The number of nitrogens with zero attached hydrogens (tertiary/aromatic N) is 1. The Kier molecular flexibility index (Phi) is 39.1. The zero-order valence-electron chi connectivity index (χ0n) is 34.3. The van der Waals surface area contributed by atoms with E-state index in [1.807, 2.05) is 0 Å². The van der Waals surface area contributed by atoms with E-state index in [1.54, 1.807) is 0 Å². The molecule has 0 rings (SSSR count). The molecule has 0 amide bonds. The zero-order chi connectivity index (χ0) is 37.5. The molecule has 0 bridgehead atoms. The lowest BCUT2D eigenvalue weighted by atomic mass is 10.0. The van der Waals surface area contributed by atoms with Crippen LogP contribution in [0.3, 0.4) is 0 Å². The van der Waals surface area contributed by atoms with Crippen molar-refractivity contribution in [2.75, 3.05) is 26.2 Å². The minimum Gasteiger partial charge on any atom is -0.466 e. The van der Waals surface area contributed by atoms with Crippen LogP contribution in [0.5, 0.6) is 0 Å². The molecule has 0 atom stereocenters. The summed E-state index contributed by atoms with van der Waals surface area (Å²) in [7, 11) is 0. The molecular formula is C44H87NO6. The number of rotatable bonds is 41. The molecule has 0 aromatic carbocycles. The fraction of sp³-hybridized carbons (Fsp3) is 0.955. The predicted molar refractivity (Wildman–Crippen MR) is 215 cm³/mol. The average Bonchev–Trinajstić information content (AvgIpc) is 3.10. The highest BCUT2D eigenvalue weighted by atomic mass is 16.5. The highest BCUT2D eigenvalue weighted by Crippen LogP contribution is 2.18. The molecule has 7 heteroatoms. The van der Waals surface area contributed by atoms with Gasteiger partial charge < -0.3 is 19.7 Å². The second-order valence-electron chi connectivity index (χ2n) is 15.4. The van der Waals surface area contributed by atoms with Crippen LogP contribution < -0.4 is 0 Å². The van der Waals surface area contributed by atoms with E-state index >= 15 is 0 Å². The Bertz CT molecular complexity index is 716. The number of hydrogen-bond donors (Lipinski definition) is 2. The zero-order valence-corrected chi connectivity index (χ0v) is 34.3. The molecule has 7 nitrogen and oxygen atoms in total. The maximum Gasteiger partial charge on any atom is 0.306 e. The monoisotopic (exact) mass is 726 g/mol. The number of hydrogen-bond acceptors (Lipinski definition) is 7. The van der Waals surface area contributed by atoms with Crippen molar-refractivity contribution in [1.82, 2.24) is 4.90 Å². The van der Waals surface area contributed by atoms with Crippen LogP contribution in [0.25, 0.3) is 0 Å². The Labute approximate surface area is 316 Å². The van der Waals surface area contributed by atoms with Crippen LogP contribution in [0.15, 0.2) is 0 Å². The van der Waals surface area contributed by atoms with Crippen molar-refractivity contribution in [1.29, 1.82) is 0 Å². The molecule has 51 heavy (non-hydrogen) atoms. The third kappa shape index (κ3) is 38.4. The normalized spacial score (nSPS) is 11.7. The largest absolute Gasteiger partial charge is 0.466 e. The van der Waals surface area contributed by atoms with Gasteiger partial charge in [0, 0.05) is 19.4 Å². The number of unbranched alkanes of at least 4 members (excludes halogenated alkanes) is 24. The van der Waals surface area contributed by atoms with E-state index in [0.29, 0.717) is 19.4 Å². The summed E-state index contributed by atoms with van der Waals surface area (Å²) < 4.78 is 11.4. The van der Waals surface area contributed by atoms with Crippen LogP contribution >= 0.6 is 0 Å². The van der Waals surface area contributed by atoms with E-state index in [9.17, 15) is 19.8 Å². The lowest BCUT2D eigenvalue weighted by Gasteiger charge is -2.23. The van der Waals surface area contributed by atoms with Gasteiger partial charge in [-0.05, 0) is 70.9 Å². The van der Waals surface area contributed by atoms with Crippen molar-refractivity contribution in [2.24, 2.45) is 0 Å². The molecule has 0 aliphatic rings. The maximum atomic E-state index is 12.7. The van der Waals surface area contributed by atoms with E-state index in [4.69, 9.17) is 9.47 Å². The predicted octanol–water partition coefficient (Wildman–Crippen LogP) is 12.0. The summed E-state index contributed by atoms with van der Waals surface area (Å²) in [6.07, 6.45) is 36.0. The minimum absolute atomic E-state index is 0.0212. The van der Waals surface area contributed by atoms with Crippen LogP contribution in [0.1, 0.15) is 233 Å². The van der Waals surface area contributed by atoms with Gasteiger partial charge in [0.2, 0.25) is 0 Å². The van der Waals surface area contributed by atoms with E-state index in [-0.39, 0.29) is 24.6 Å². The number of carbonyl (C=O) groups excluding carboxylic acids is 2. The van der Waals surface area contributed by atoms with Crippen molar-refractivity contribution in [2.45, 2.75) is 245 Å². The second-order valence-corrected chi connectivity index (χ2v) is 15.4. The third-order valence-corrected chi connectivity index (χ3v) is 10.2. The number of aliphatic hydroxyl groups excluding tert-OH is 1. The van der Waals surface area contributed by atoms with Gasteiger partial charge in [0.25, 0.3) is 0 Å². The molecule has 0 heterocycles. The Hall–Kier alpha value is -1.18. The summed E-state index contributed by atoms with van der Waals surface area (Å²) in [6, 6.07) is 0. The lowest BCUT2D eigenvalue weighted by Crippen LogP contribution is -2.34. The number of carbonyl (C=O) groups is 2. The molecule has 0 aromatic rings. The summed E-state index contributed by atoms with van der Waals surface area (Å²) in [4.78, 5) is 26.9. The lowest BCUT2D eigenvalue weighted by molar-refractivity contribution is -0.150. The molecule has 0 aliphatic heterocycles. The standard InChI is InChI=1S/C44H87NO6/c1-4-7-10-13-16-17-18-24-32-39-50-43(48)35-29-25-31-38-45(40-42(46)47)37-30-23-19-22-28-36-44(49)51-41(33-26-20-14-11-8-5-2)34-27-21-15-12-9-6-3/h41-42,46-47H,4-40H2,1-3H3. The van der Waals surface area contributed by atoms with Gasteiger partial charge in [0.15, 0.2) is 6.29 Å². The average molecular weight is 726 g/mol. The Balaban J connectivity index is 4.05. The Morgan fingerprint density at radius 3 is 1.31 bits per heavy atom. The van der Waals surface area contributed by atoms with Gasteiger partial charge in [-0.3, -0.25) is 14.5 Å². The molecule has 0 unspecified atom stereocenters. The first kappa shape index (κ1) is 49.8. The first-order chi connectivity index (χ1) is 24.9. The van der Waals surface area contributed by atoms with Gasteiger partial charge in [-0.15, -0.1) is 0 Å². The highest BCUT2D eigenvalue weighted by molar-refractivity contribution is 5.69. The first-order valence-corrected chi connectivity index (χ1v) is 22.4. The van der Waals surface area contributed by atoms with Gasteiger partial charge in [0.05, 0.1) is 6.61 Å². The molecule has 0 aliphatic carbocycles. The van der Waals surface area contributed by atoms with E-state index in [1.165, 1.54) is 109 Å². The topological polar surface area (TPSA) is 96.3 Å². The van der Waals surface area contributed by atoms with Crippen molar-refractivity contribution >= 4 is 11.9 Å². The molecule has 2 N–H and O–H groups in total. The van der Waals surface area contributed by atoms with Crippen LogP contribution in [0.2, 0.25) is 0 Å². The van der Waals surface area contributed by atoms with Crippen LogP contribution in [0, 0.1) is 0 Å². The SMILES string of the molecule is CCCCCCCCCCCOC(=O)CCCCCN(CCCCCCCC(=O)OC(CCCCCCCC)CCCCCCCC)CC(O)O. The fourth-order valence-corrected chi connectivity index (χ4v) is 6.92. The summed E-state index contributed by atoms with van der Waals surface area (Å²) in [5.41, 5.74) is 0. The molecule has 304 valence electrons. The van der Waals surface area contributed by atoms with Crippen LogP contribution in [-0.2, 0) is 19.1 Å². The summed E-state index contributed by atoms with van der Waals surface area (Å²) in [6.45, 7) is 9.18. The molecule has 0 spiro atoms. The van der Waals surface area contributed by atoms with Gasteiger partial charge in [-0.2, -0.15) is 0 Å². The highest BCUT2D eigenvalue weighted by Gasteiger charge is 2.15. The van der Waals surface area contributed by atoms with Crippen LogP contribution in [0.4, 0.5) is 0 Å². The van der Waals surface area contributed by atoms with Gasteiger partial charge in [-0.25, -0.2) is 0 Å². The maximum absolute atomic E-state index is 12.7. The van der Waals surface area contributed by atoms with Crippen LogP contribution in [-0.4, -0.2) is 65.7 Å². The van der Waals surface area contributed by atoms with Gasteiger partial charge >= 0.3 is 11.9 Å². The summed E-state index contributed by atoms with van der Waals surface area (Å²) >= 11 is 0. The number of ether oxygens (including phenoxy) is 2. The quantitative estimate of drug-likeness (QED) is 0.0368. The molecule has 0 aromatic heterocycles. The van der Waals surface area contributed by atoms with E-state index in [2.05, 4.69) is 25.7 Å². The first-order valence-electron chi connectivity index (χ1n) is 22.4. The summed E-state index contributed by atoms with van der Waals surface area (Å²) in [5.74, 6) is -0.112. The van der Waals surface area contributed by atoms with Crippen molar-refractivity contribution in [3.63, 3.8) is 0 Å². The van der Waals surface area contributed by atoms with Gasteiger partial charge in [-0.1, -0.05) is 162 Å². The minimum atomic E-state index is -1.34. The van der Waals surface area contributed by atoms with Crippen molar-refractivity contribution in [3.8, 4) is 0 Å². The molecule has 0 fully saturated rings. The molecular weight excluding hydrogens is 638 g/mol. The third-order valence-electron chi connectivity index (χ3n) is 10.2. The molecule has 0 saturated carbocycles.